The molecule has 0 bridgehead atoms. The number of aromatic nitrogens is 4. The van der Waals surface area contributed by atoms with E-state index < -0.39 is 0 Å². The number of ether oxygens (including phenoxy) is 1. The van der Waals surface area contributed by atoms with Gasteiger partial charge >= 0.3 is 0 Å². The average Bonchev–Trinajstić information content (AvgIpc) is 3.37. The number of hydrogen-bond acceptors (Lipinski definition) is 7. The first kappa shape index (κ1) is 16.5. The van der Waals surface area contributed by atoms with Gasteiger partial charge in [0.15, 0.2) is 5.16 Å². The third kappa shape index (κ3) is 3.82. The molecule has 2 aromatic rings. The Morgan fingerprint density at radius 2 is 2.21 bits per heavy atom. The smallest absolute Gasteiger partial charge is 0.191 e. The van der Waals surface area contributed by atoms with E-state index in [2.05, 4.69) is 30.4 Å². The van der Waals surface area contributed by atoms with E-state index in [0.717, 1.165) is 74.4 Å². The van der Waals surface area contributed by atoms with E-state index >= 15 is 0 Å². The number of thioether (sulfide) groups is 1. The molecule has 2 aromatic heterocycles. The van der Waals surface area contributed by atoms with Gasteiger partial charge in [-0.05, 0) is 38.8 Å². The molecule has 2 aliphatic rings. The van der Waals surface area contributed by atoms with Gasteiger partial charge < -0.3 is 14.6 Å². The zero-order chi connectivity index (χ0) is 16.2. The molecule has 2 aliphatic heterocycles. The predicted octanol–water partition coefficient (Wildman–Crippen LogP) is 2.67. The first-order valence-corrected chi connectivity index (χ1v) is 10.6. The molecule has 8 heteroatoms. The monoisotopic (exact) mass is 365 g/mol. The Hall–Kier alpha value is -0.960. The van der Waals surface area contributed by atoms with Crippen molar-refractivity contribution in [1.82, 2.24) is 25.1 Å². The number of rotatable bonds is 6. The van der Waals surface area contributed by atoms with E-state index in [1.54, 1.807) is 23.1 Å². The van der Waals surface area contributed by atoms with Crippen LogP contribution in [0.2, 0.25) is 0 Å². The summed E-state index contributed by atoms with van der Waals surface area (Å²) in [4.78, 5) is 4.37. The molecule has 0 aromatic carbocycles. The summed E-state index contributed by atoms with van der Waals surface area (Å²) in [7, 11) is 0. The standard InChI is InChI=1S/C16H23N5OS2/c1-2-14(22-7-1)8-21-15(12-3-5-17-6-4-12)19-20-16(21)24-10-13-9-23-11-18-13/h9,11-12,14,17H,1-8,10H2. The van der Waals surface area contributed by atoms with Crippen LogP contribution in [0, 0.1) is 0 Å². The second-order valence-corrected chi connectivity index (χ2v) is 8.04. The molecule has 0 saturated carbocycles. The molecule has 24 heavy (non-hydrogen) atoms. The van der Waals surface area contributed by atoms with Crippen LogP contribution in [0.1, 0.15) is 43.1 Å². The highest BCUT2D eigenvalue weighted by Gasteiger charge is 2.26. The van der Waals surface area contributed by atoms with E-state index in [1.807, 2.05) is 5.51 Å². The minimum Gasteiger partial charge on any atom is -0.376 e. The number of thiazole rings is 1. The van der Waals surface area contributed by atoms with Crippen molar-refractivity contribution in [2.75, 3.05) is 19.7 Å². The van der Waals surface area contributed by atoms with Gasteiger partial charge in [-0.25, -0.2) is 4.98 Å². The Morgan fingerprint density at radius 1 is 1.29 bits per heavy atom. The minimum absolute atomic E-state index is 0.306. The predicted molar refractivity (Wildman–Crippen MR) is 95.5 cm³/mol. The number of nitrogens with zero attached hydrogens (tertiary/aromatic N) is 4. The maximum atomic E-state index is 5.87. The van der Waals surface area contributed by atoms with E-state index in [-0.39, 0.29) is 0 Å². The molecule has 130 valence electrons. The highest BCUT2D eigenvalue weighted by Crippen LogP contribution is 2.30. The lowest BCUT2D eigenvalue weighted by Crippen LogP contribution is -2.29. The second kappa shape index (κ2) is 7.95. The molecule has 0 aliphatic carbocycles. The largest absolute Gasteiger partial charge is 0.376 e. The molecule has 6 nitrogen and oxygen atoms in total. The third-order valence-electron chi connectivity index (χ3n) is 4.69. The molecule has 4 rings (SSSR count). The van der Waals surface area contributed by atoms with Crippen LogP contribution in [0.4, 0.5) is 0 Å². The van der Waals surface area contributed by atoms with Crippen molar-refractivity contribution >= 4 is 23.1 Å². The Kier molecular flexibility index (Phi) is 5.46. The number of piperidine rings is 1. The third-order valence-corrected chi connectivity index (χ3v) is 6.33. The van der Waals surface area contributed by atoms with Gasteiger partial charge in [0.25, 0.3) is 0 Å². The fraction of sp³-hybridized carbons (Fsp3) is 0.688. The molecule has 1 unspecified atom stereocenters. The second-order valence-electron chi connectivity index (χ2n) is 6.38. The van der Waals surface area contributed by atoms with Gasteiger partial charge in [0.2, 0.25) is 0 Å². The lowest BCUT2D eigenvalue weighted by atomic mass is 9.97. The SMILES string of the molecule is c1nc(CSc2nnc(C3CCNCC3)n2CC2CCCO2)cs1. The Morgan fingerprint density at radius 3 is 2.96 bits per heavy atom. The lowest BCUT2D eigenvalue weighted by molar-refractivity contribution is 0.0936. The van der Waals surface area contributed by atoms with Gasteiger partial charge in [-0.2, -0.15) is 0 Å². The summed E-state index contributed by atoms with van der Waals surface area (Å²) < 4.78 is 8.19. The van der Waals surface area contributed by atoms with Crippen molar-refractivity contribution in [3.05, 3.63) is 22.4 Å². The fourth-order valence-electron chi connectivity index (χ4n) is 3.40. The minimum atomic E-state index is 0.306. The zero-order valence-electron chi connectivity index (χ0n) is 13.7. The number of hydrogen-bond donors (Lipinski definition) is 1. The van der Waals surface area contributed by atoms with Crippen LogP contribution >= 0.6 is 23.1 Å². The number of nitrogens with one attached hydrogen (secondary N) is 1. The molecule has 0 spiro atoms. The maximum absolute atomic E-state index is 5.87. The highest BCUT2D eigenvalue weighted by molar-refractivity contribution is 7.98. The first-order valence-electron chi connectivity index (χ1n) is 8.65. The summed E-state index contributed by atoms with van der Waals surface area (Å²) in [6.45, 7) is 3.90. The van der Waals surface area contributed by atoms with Gasteiger partial charge in [0.05, 0.1) is 23.9 Å². The van der Waals surface area contributed by atoms with Crippen LogP contribution in [-0.4, -0.2) is 45.5 Å². The van der Waals surface area contributed by atoms with Crippen molar-refractivity contribution in [2.45, 2.75) is 55.2 Å². The van der Waals surface area contributed by atoms with Gasteiger partial charge in [0, 0.05) is 23.7 Å². The van der Waals surface area contributed by atoms with Crippen LogP contribution in [0.5, 0.6) is 0 Å². The molecule has 1 atom stereocenters. The highest BCUT2D eigenvalue weighted by atomic mass is 32.2. The van der Waals surface area contributed by atoms with E-state index in [1.165, 1.54) is 0 Å². The van der Waals surface area contributed by atoms with Crippen LogP contribution in [0.3, 0.4) is 0 Å². The summed E-state index contributed by atoms with van der Waals surface area (Å²) in [5, 5.41) is 15.6. The fourth-order valence-corrected chi connectivity index (χ4v) is 4.92. The van der Waals surface area contributed by atoms with Gasteiger partial charge in [-0.3, -0.25) is 0 Å². The van der Waals surface area contributed by atoms with Crippen LogP contribution in [0.25, 0.3) is 0 Å². The Bertz CT molecular complexity index is 633. The lowest BCUT2D eigenvalue weighted by Gasteiger charge is -2.23. The molecule has 1 N–H and O–H groups in total. The molecule has 0 radical (unpaired) electrons. The maximum Gasteiger partial charge on any atom is 0.191 e. The molecular weight excluding hydrogens is 342 g/mol. The van der Waals surface area contributed by atoms with Crippen molar-refractivity contribution in [1.29, 1.82) is 0 Å². The Balaban J connectivity index is 1.53. The van der Waals surface area contributed by atoms with Crippen LogP contribution < -0.4 is 5.32 Å². The zero-order valence-corrected chi connectivity index (χ0v) is 15.3. The van der Waals surface area contributed by atoms with Crippen molar-refractivity contribution in [3.63, 3.8) is 0 Å². The van der Waals surface area contributed by atoms with Gasteiger partial charge in [-0.1, -0.05) is 11.8 Å². The summed E-state index contributed by atoms with van der Waals surface area (Å²) in [6, 6.07) is 0. The summed E-state index contributed by atoms with van der Waals surface area (Å²) in [6.07, 6.45) is 4.89. The van der Waals surface area contributed by atoms with Crippen LogP contribution in [0.15, 0.2) is 16.0 Å². The molecule has 4 heterocycles. The topological polar surface area (TPSA) is 64.9 Å². The summed E-state index contributed by atoms with van der Waals surface area (Å²) in [5.41, 5.74) is 2.99. The Labute approximate surface area is 150 Å². The molecule has 0 amide bonds. The van der Waals surface area contributed by atoms with Crippen molar-refractivity contribution < 1.29 is 4.74 Å². The summed E-state index contributed by atoms with van der Waals surface area (Å²) in [5.74, 6) is 2.50. The van der Waals surface area contributed by atoms with Crippen molar-refractivity contribution in [2.24, 2.45) is 0 Å². The quantitative estimate of drug-likeness (QED) is 0.794. The van der Waals surface area contributed by atoms with Crippen molar-refractivity contribution in [3.8, 4) is 0 Å². The van der Waals surface area contributed by atoms with E-state index in [4.69, 9.17) is 4.74 Å². The molecular formula is C16H23N5OS2. The molecule has 2 saturated heterocycles. The van der Waals surface area contributed by atoms with Gasteiger partial charge in [0.1, 0.15) is 5.82 Å². The van der Waals surface area contributed by atoms with E-state index in [9.17, 15) is 0 Å². The van der Waals surface area contributed by atoms with Crippen LogP contribution in [-0.2, 0) is 17.0 Å². The van der Waals surface area contributed by atoms with Gasteiger partial charge in [-0.15, -0.1) is 21.5 Å². The normalized spacial score (nSPS) is 22.2. The van der Waals surface area contributed by atoms with E-state index in [0.29, 0.717) is 12.0 Å². The summed E-state index contributed by atoms with van der Waals surface area (Å²) >= 11 is 3.37. The first-order chi connectivity index (χ1) is 11.9. The average molecular weight is 366 g/mol. The molecule has 2 fully saturated rings.